The Balaban J connectivity index is 1.60. The zero-order valence-corrected chi connectivity index (χ0v) is 20.4. The van der Waals surface area contributed by atoms with Crippen LogP contribution in [0, 0.1) is 6.92 Å². The topological polar surface area (TPSA) is 54.2 Å². The van der Waals surface area contributed by atoms with Crippen LogP contribution >= 0.6 is 23.8 Å². The Kier molecular flexibility index (Phi) is 6.18. The van der Waals surface area contributed by atoms with E-state index in [1.807, 2.05) is 61.5 Å². The Hall–Kier alpha value is -3.48. The molecule has 1 aliphatic rings. The molecule has 1 unspecified atom stereocenters. The molecule has 7 heteroatoms. The third kappa shape index (κ3) is 4.47. The van der Waals surface area contributed by atoms with Crippen molar-refractivity contribution < 1.29 is 4.52 Å². The zero-order valence-electron chi connectivity index (χ0n) is 18.8. The van der Waals surface area contributed by atoms with Crippen LogP contribution in [0.5, 0.6) is 0 Å². The average Bonchev–Trinajstić information content (AvgIpc) is 3.33. The van der Waals surface area contributed by atoms with Gasteiger partial charge >= 0.3 is 0 Å². The molecule has 0 fully saturated rings. The van der Waals surface area contributed by atoms with Crippen LogP contribution in [0.3, 0.4) is 0 Å². The quantitative estimate of drug-likeness (QED) is 0.322. The highest BCUT2D eigenvalue weighted by atomic mass is 35.5. The molecule has 1 aliphatic heterocycles. The van der Waals surface area contributed by atoms with E-state index in [0.717, 1.165) is 28.0 Å². The summed E-state index contributed by atoms with van der Waals surface area (Å²) in [4.78, 5) is 6.82. The second-order valence-electron chi connectivity index (χ2n) is 8.30. The summed E-state index contributed by atoms with van der Waals surface area (Å²) in [7, 11) is 0. The van der Waals surface area contributed by atoms with Gasteiger partial charge in [0.1, 0.15) is 0 Å². The third-order valence-corrected chi connectivity index (χ3v) is 6.50. The fourth-order valence-corrected chi connectivity index (χ4v) is 4.62. The number of aryl methyl sites for hydroxylation is 1. The van der Waals surface area contributed by atoms with Gasteiger partial charge in [-0.2, -0.15) is 4.98 Å². The fraction of sp³-hybridized carbons (Fsp3) is 0.148. The lowest BCUT2D eigenvalue weighted by Crippen LogP contribution is -2.45. The molecule has 0 spiro atoms. The van der Waals surface area contributed by atoms with Crippen LogP contribution in [0.15, 0.2) is 89.1 Å². The monoisotopic (exact) mass is 486 g/mol. The highest BCUT2D eigenvalue weighted by Gasteiger charge is 2.34. The normalized spacial score (nSPS) is 16.0. The highest BCUT2D eigenvalue weighted by Crippen LogP contribution is 2.38. The van der Waals surface area contributed by atoms with Crippen molar-refractivity contribution >= 4 is 34.5 Å². The van der Waals surface area contributed by atoms with Crippen LogP contribution in [0.4, 0.5) is 0 Å². The first-order chi connectivity index (χ1) is 16.5. The van der Waals surface area contributed by atoms with E-state index in [-0.39, 0.29) is 6.04 Å². The summed E-state index contributed by atoms with van der Waals surface area (Å²) in [5.41, 5.74) is 6.07. The number of nitrogens with zero attached hydrogens (tertiary/aromatic N) is 3. The molecule has 0 radical (unpaired) electrons. The van der Waals surface area contributed by atoms with Gasteiger partial charge in [-0.25, -0.2) is 0 Å². The van der Waals surface area contributed by atoms with E-state index in [0.29, 0.717) is 28.4 Å². The Labute approximate surface area is 209 Å². The van der Waals surface area contributed by atoms with Gasteiger partial charge in [-0.3, -0.25) is 0 Å². The molecule has 170 valence electrons. The number of hydrogen-bond acceptors (Lipinski definition) is 4. The molecule has 2 heterocycles. The summed E-state index contributed by atoms with van der Waals surface area (Å²) in [5.74, 6) is 0.990. The lowest BCUT2D eigenvalue weighted by molar-refractivity contribution is 0.396. The van der Waals surface area contributed by atoms with Crippen molar-refractivity contribution in [3.8, 4) is 11.4 Å². The zero-order chi connectivity index (χ0) is 23.7. The molecule has 0 aliphatic carbocycles. The summed E-state index contributed by atoms with van der Waals surface area (Å²) >= 11 is 12.1. The second-order valence-corrected chi connectivity index (χ2v) is 9.12. The summed E-state index contributed by atoms with van der Waals surface area (Å²) < 4.78 is 5.80. The molecule has 4 aromatic rings. The van der Waals surface area contributed by atoms with Gasteiger partial charge in [0.15, 0.2) is 5.11 Å². The molecule has 0 amide bonds. The Morgan fingerprint density at radius 2 is 1.76 bits per heavy atom. The number of halogens is 1. The maximum atomic E-state index is 6.32. The summed E-state index contributed by atoms with van der Waals surface area (Å²) in [5, 5.41) is 9.02. The van der Waals surface area contributed by atoms with Crippen LogP contribution in [-0.2, 0) is 6.54 Å². The molecule has 5 rings (SSSR count). The van der Waals surface area contributed by atoms with Gasteiger partial charge < -0.3 is 14.7 Å². The van der Waals surface area contributed by atoms with Crippen molar-refractivity contribution in [1.29, 1.82) is 0 Å². The Morgan fingerprint density at radius 3 is 2.50 bits per heavy atom. The van der Waals surface area contributed by atoms with E-state index in [9.17, 15) is 0 Å². The standard InChI is InChI=1S/C27H23ClN4OS/c1-17-11-13-19(14-12-17)16-32-18(2)23(24(29-27(32)34)21-9-6-10-22(28)15-21)26-30-25(31-33-26)20-7-4-3-5-8-20/h3-15,24H,16H2,1-2H3,(H,29,34). The minimum Gasteiger partial charge on any atom is -0.351 e. The van der Waals surface area contributed by atoms with Crippen LogP contribution in [0.1, 0.15) is 35.5 Å². The van der Waals surface area contributed by atoms with Crippen molar-refractivity contribution in [2.45, 2.75) is 26.4 Å². The first-order valence-corrected chi connectivity index (χ1v) is 11.8. The first kappa shape index (κ1) is 22.3. The Morgan fingerprint density at radius 1 is 1.00 bits per heavy atom. The number of aromatic nitrogens is 2. The molecular formula is C27H23ClN4OS. The predicted octanol–water partition coefficient (Wildman–Crippen LogP) is 6.56. The van der Waals surface area contributed by atoms with Crippen LogP contribution in [-0.4, -0.2) is 20.2 Å². The van der Waals surface area contributed by atoms with Gasteiger partial charge in [-0.1, -0.05) is 89.1 Å². The molecule has 0 bridgehead atoms. The van der Waals surface area contributed by atoms with Crippen molar-refractivity contribution in [3.05, 3.63) is 112 Å². The summed E-state index contributed by atoms with van der Waals surface area (Å²) in [6, 6.07) is 25.7. The van der Waals surface area contributed by atoms with Crippen LogP contribution in [0.2, 0.25) is 5.02 Å². The lowest BCUT2D eigenvalue weighted by Gasteiger charge is -2.37. The summed E-state index contributed by atoms with van der Waals surface area (Å²) in [6.45, 7) is 4.75. The van der Waals surface area contributed by atoms with E-state index in [1.165, 1.54) is 5.56 Å². The highest BCUT2D eigenvalue weighted by molar-refractivity contribution is 7.80. The predicted molar refractivity (Wildman–Crippen MR) is 139 cm³/mol. The lowest BCUT2D eigenvalue weighted by atomic mass is 9.94. The molecule has 5 nitrogen and oxygen atoms in total. The van der Waals surface area contributed by atoms with Crippen LogP contribution < -0.4 is 5.32 Å². The molecular weight excluding hydrogens is 464 g/mol. The second kappa shape index (κ2) is 9.41. The number of thiocarbonyl (C=S) groups is 1. The van der Waals surface area contributed by atoms with Gasteiger partial charge in [-0.05, 0) is 49.3 Å². The molecule has 1 aromatic heterocycles. The maximum Gasteiger partial charge on any atom is 0.258 e. The minimum absolute atomic E-state index is 0.274. The van der Waals surface area contributed by atoms with Crippen molar-refractivity contribution in [1.82, 2.24) is 20.4 Å². The molecule has 1 atom stereocenters. The molecule has 3 aromatic carbocycles. The van der Waals surface area contributed by atoms with E-state index in [2.05, 4.69) is 46.6 Å². The van der Waals surface area contributed by atoms with Crippen molar-refractivity contribution in [2.75, 3.05) is 0 Å². The van der Waals surface area contributed by atoms with E-state index < -0.39 is 0 Å². The molecule has 0 saturated heterocycles. The van der Waals surface area contributed by atoms with Gasteiger partial charge in [0.05, 0.1) is 11.6 Å². The maximum absolute atomic E-state index is 6.32. The van der Waals surface area contributed by atoms with Gasteiger partial charge in [0.2, 0.25) is 5.82 Å². The molecule has 1 N–H and O–H groups in total. The fourth-order valence-electron chi connectivity index (χ4n) is 4.10. The average molecular weight is 487 g/mol. The van der Waals surface area contributed by atoms with Crippen molar-refractivity contribution in [3.63, 3.8) is 0 Å². The van der Waals surface area contributed by atoms with Gasteiger partial charge in [0, 0.05) is 22.8 Å². The molecule has 0 saturated carbocycles. The Bertz CT molecular complexity index is 1360. The largest absolute Gasteiger partial charge is 0.351 e. The van der Waals surface area contributed by atoms with Crippen molar-refractivity contribution in [2.24, 2.45) is 0 Å². The summed E-state index contributed by atoms with van der Waals surface area (Å²) in [6.07, 6.45) is 0. The number of rotatable bonds is 5. The van der Waals surface area contributed by atoms with E-state index in [4.69, 9.17) is 33.3 Å². The smallest absolute Gasteiger partial charge is 0.258 e. The van der Waals surface area contributed by atoms with Gasteiger partial charge in [0.25, 0.3) is 5.89 Å². The van der Waals surface area contributed by atoms with E-state index >= 15 is 0 Å². The first-order valence-electron chi connectivity index (χ1n) is 11.0. The number of benzene rings is 3. The number of nitrogens with one attached hydrogen (secondary N) is 1. The SMILES string of the molecule is CC1=C(c2nc(-c3ccccc3)no2)C(c2cccc(Cl)c2)NC(=S)N1Cc1ccc(C)cc1. The third-order valence-electron chi connectivity index (χ3n) is 5.93. The number of allylic oxidation sites excluding steroid dienone is 1. The van der Waals surface area contributed by atoms with Gasteiger partial charge in [-0.15, -0.1) is 0 Å². The number of hydrogen-bond donors (Lipinski definition) is 1. The molecule has 34 heavy (non-hydrogen) atoms. The van der Waals surface area contributed by atoms with E-state index in [1.54, 1.807) is 0 Å². The van der Waals surface area contributed by atoms with Crippen LogP contribution in [0.25, 0.3) is 17.0 Å². The minimum atomic E-state index is -0.274.